The molecular formula is C14H14N4O3. The first-order valence-corrected chi connectivity index (χ1v) is 6.30. The molecule has 2 amide bonds. The Hall–Kier alpha value is -2.96. The number of carboxylic acids is 1. The maximum atomic E-state index is 11.7. The van der Waals surface area contributed by atoms with Crippen LogP contribution < -0.4 is 10.6 Å². The molecule has 0 bridgehead atoms. The van der Waals surface area contributed by atoms with Gasteiger partial charge in [-0.05, 0) is 24.3 Å². The van der Waals surface area contributed by atoms with Crippen LogP contribution in [0.2, 0.25) is 0 Å². The highest BCUT2D eigenvalue weighted by Gasteiger charge is 2.12. The molecule has 108 valence electrons. The van der Waals surface area contributed by atoms with Crippen molar-refractivity contribution in [1.82, 2.24) is 15.3 Å². The third-order valence-electron chi connectivity index (χ3n) is 2.65. The molecular weight excluding hydrogens is 272 g/mol. The Kier molecular flexibility index (Phi) is 4.81. The molecule has 3 N–H and O–H groups in total. The van der Waals surface area contributed by atoms with Crippen LogP contribution >= 0.6 is 0 Å². The Labute approximate surface area is 121 Å². The molecule has 7 heteroatoms. The number of hydrogen-bond acceptors (Lipinski definition) is 4. The molecule has 0 aromatic carbocycles. The first-order chi connectivity index (χ1) is 10.2. The van der Waals surface area contributed by atoms with E-state index in [4.69, 9.17) is 5.11 Å². The minimum Gasteiger partial charge on any atom is -0.476 e. The fourth-order valence-electron chi connectivity index (χ4n) is 1.69. The zero-order chi connectivity index (χ0) is 15.1. The number of anilines is 1. The summed E-state index contributed by atoms with van der Waals surface area (Å²) in [5, 5.41) is 14.1. The molecule has 0 spiro atoms. The maximum Gasteiger partial charge on any atom is 0.356 e. The lowest BCUT2D eigenvalue weighted by molar-refractivity contribution is 0.0692. The number of urea groups is 1. The van der Waals surface area contributed by atoms with Crippen LogP contribution in [-0.4, -0.2) is 33.6 Å². The van der Waals surface area contributed by atoms with Crippen LogP contribution in [0.5, 0.6) is 0 Å². The molecule has 2 aromatic rings. The largest absolute Gasteiger partial charge is 0.476 e. The number of rotatable bonds is 5. The van der Waals surface area contributed by atoms with Crippen LogP contribution in [0, 0.1) is 0 Å². The van der Waals surface area contributed by atoms with Gasteiger partial charge in [0.25, 0.3) is 0 Å². The summed E-state index contributed by atoms with van der Waals surface area (Å²) in [7, 11) is 0. The zero-order valence-electron chi connectivity index (χ0n) is 11.1. The van der Waals surface area contributed by atoms with Crippen molar-refractivity contribution in [2.75, 3.05) is 11.9 Å². The van der Waals surface area contributed by atoms with Gasteiger partial charge in [0.2, 0.25) is 0 Å². The van der Waals surface area contributed by atoms with Gasteiger partial charge in [-0.1, -0.05) is 6.07 Å². The standard InChI is InChI=1S/C14H14N4O3/c19-13(20)12-11(5-3-8-16-12)18-14(21)17-9-6-10-4-1-2-7-15-10/h1-5,7-8H,6,9H2,(H,19,20)(H2,17,18,21). The molecule has 2 heterocycles. The number of carbonyl (C=O) groups excluding carboxylic acids is 1. The van der Waals surface area contributed by atoms with Crippen molar-refractivity contribution in [3.8, 4) is 0 Å². The van der Waals surface area contributed by atoms with Crippen LogP contribution in [0.25, 0.3) is 0 Å². The van der Waals surface area contributed by atoms with E-state index in [1.807, 2.05) is 18.2 Å². The molecule has 2 aromatic heterocycles. The summed E-state index contributed by atoms with van der Waals surface area (Å²) >= 11 is 0. The lowest BCUT2D eigenvalue weighted by Crippen LogP contribution is -2.31. The van der Waals surface area contributed by atoms with Gasteiger partial charge >= 0.3 is 12.0 Å². The molecule has 0 saturated carbocycles. The van der Waals surface area contributed by atoms with Gasteiger partial charge in [-0.3, -0.25) is 4.98 Å². The molecule has 0 fully saturated rings. The fourth-order valence-corrected chi connectivity index (χ4v) is 1.69. The first kappa shape index (κ1) is 14.4. The van der Waals surface area contributed by atoms with Crippen molar-refractivity contribution in [3.05, 3.63) is 54.1 Å². The van der Waals surface area contributed by atoms with Crippen LogP contribution in [0.15, 0.2) is 42.7 Å². The fraction of sp³-hybridized carbons (Fsp3) is 0.143. The van der Waals surface area contributed by atoms with Crippen LogP contribution in [-0.2, 0) is 6.42 Å². The lowest BCUT2D eigenvalue weighted by atomic mass is 10.3. The molecule has 0 atom stereocenters. The molecule has 2 rings (SSSR count). The Balaban J connectivity index is 1.86. The molecule has 0 aliphatic rings. The van der Waals surface area contributed by atoms with E-state index in [0.29, 0.717) is 13.0 Å². The van der Waals surface area contributed by atoms with Gasteiger partial charge in [-0.2, -0.15) is 0 Å². The van der Waals surface area contributed by atoms with E-state index >= 15 is 0 Å². The summed E-state index contributed by atoms with van der Waals surface area (Å²) in [6, 6.07) is 8.10. The highest BCUT2D eigenvalue weighted by Crippen LogP contribution is 2.11. The van der Waals surface area contributed by atoms with E-state index in [9.17, 15) is 9.59 Å². The van der Waals surface area contributed by atoms with Crippen molar-refractivity contribution in [1.29, 1.82) is 0 Å². The van der Waals surface area contributed by atoms with Gasteiger partial charge in [0, 0.05) is 31.1 Å². The lowest BCUT2D eigenvalue weighted by Gasteiger charge is -2.08. The van der Waals surface area contributed by atoms with Gasteiger partial charge in [-0.15, -0.1) is 0 Å². The SMILES string of the molecule is O=C(NCCc1ccccn1)Nc1cccnc1C(=O)O. The van der Waals surface area contributed by atoms with Crippen molar-refractivity contribution in [3.63, 3.8) is 0 Å². The molecule has 7 nitrogen and oxygen atoms in total. The van der Waals surface area contributed by atoms with Crippen molar-refractivity contribution in [2.45, 2.75) is 6.42 Å². The summed E-state index contributed by atoms with van der Waals surface area (Å²) in [5.74, 6) is -1.20. The van der Waals surface area contributed by atoms with Gasteiger partial charge in [0.15, 0.2) is 5.69 Å². The third kappa shape index (κ3) is 4.27. The summed E-state index contributed by atoms with van der Waals surface area (Å²) < 4.78 is 0. The van der Waals surface area contributed by atoms with Gasteiger partial charge in [0.05, 0.1) is 5.69 Å². The van der Waals surface area contributed by atoms with Crippen molar-refractivity contribution in [2.24, 2.45) is 0 Å². The van der Waals surface area contributed by atoms with Crippen molar-refractivity contribution >= 4 is 17.7 Å². The van der Waals surface area contributed by atoms with Gasteiger partial charge in [0.1, 0.15) is 0 Å². The Morgan fingerprint density at radius 1 is 1.10 bits per heavy atom. The van der Waals surface area contributed by atoms with Gasteiger partial charge < -0.3 is 15.7 Å². The number of hydrogen-bond donors (Lipinski definition) is 3. The minimum absolute atomic E-state index is 0.153. The Bertz CT molecular complexity index is 631. The molecule has 0 saturated heterocycles. The predicted octanol–water partition coefficient (Wildman–Crippen LogP) is 1.54. The summed E-state index contributed by atoms with van der Waals surface area (Å²) in [6.07, 6.45) is 3.63. The van der Waals surface area contributed by atoms with Gasteiger partial charge in [-0.25, -0.2) is 14.6 Å². The average molecular weight is 286 g/mol. The smallest absolute Gasteiger partial charge is 0.356 e. The Morgan fingerprint density at radius 2 is 1.90 bits per heavy atom. The number of aromatic nitrogens is 2. The second kappa shape index (κ2) is 6.99. The number of carbonyl (C=O) groups is 2. The Morgan fingerprint density at radius 3 is 2.62 bits per heavy atom. The minimum atomic E-state index is -1.20. The van der Waals surface area contributed by atoms with E-state index < -0.39 is 12.0 Å². The number of amides is 2. The second-order valence-electron chi connectivity index (χ2n) is 4.16. The zero-order valence-corrected chi connectivity index (χ0v) is 11.1. The van der Waals surface area contributed by atoms with Crippen LogP contribution in [0.1, 0.15) is 16.2 Å². The van der Waals surface area contributed by atoms with E-state index in [1.165, 1.54) is 12.3 Å². The number of nitrogens with zero attached hydrogens (tertiary/aromatic N) is 2. The molecule has 0 aliphatic carbocycles. The predicted molar refractivity (Wildman–Crippen MR) is 76.2 cm³/mol. The monoisotopic (exact) mass is 286 g/mol. The second-order valence-corrected chi connectivity index (χ2v) is 4.16. The highest BCUT2D eigenvalue weighted by atomic mass is 16.4. The molecule has 0 aliphatic heterocycles. The van der Waals surface area contributed by atoms with E-state index in [0.717, 1.165) is 5.69 Å². The number of carboxylic acid groups (broad SMARTS) is 1. The first-order valence-electron chi connectivity index (χ1n) is 6.30. The number of aromatic carboxylic acids is 1. The van der Waals surface area contributed by atoms with E-state index in [1.54, 1.807) is 12.3 Å². The van der Waals surface area contributed by atoms with E-state index in [2.05, 4.69) is 20.6 Å². The van der Waals surface area contributed by atoms with Crippen LogP contribution in [0.3, 0.4) is 0 Å². The summed E-state index contributed by atoms with van der Waals surface area (Å²) in [4.78, 5) is 30.5. The molecule has 0 radical (unpaired) electrons. The number of pyridine rings is 2. The summed E-state index contributed by atoms with van der Waals surface area (Å²) in [5.41, 5.74) is 0.822. The maximum absolute atomic E-state index is 11.7. The normalized spacial score (nSPS) is 9.90. The summed E-state index contributed by atoms with van der Waals surface area (Å²) in [6.45, 7) is 0.394. The topological polar surface area (TPSA) is 104 Å². The third-order valence-corrected chi connectivity index (χ3v) is 2.65. The number of nitrogens with one attached hydrogen (secondary N) is 2. The highest BCUT2D eigenvalue weighted by molar-refractivity contribution is 5.98. The molecule has 21 heavy (non-hydrogen) atoms. The average Bonchev–Trinajstić information content (AvgIpc) is 2.48. The molecule has 0 unspecified atom stereocenters. The van der Waals surface area contributed by atoms with Crippen molar-refractivity contribution < 1.29 is 14.7 Å². The van der Waals surface area contributed by atoms with E-state index in [-0.39, 0.29) is 11.4 Å². The van der Waals surface area contributed by atoms with Crippen LogP contribution in [0.4, 0.5) is 10.5 Å². The quantitative estimate of drug-likeness (QED) is 0.773.